The van der Waals surface area contributed by atoms with Crippen molar-refractivity contribution >= 4 is 11.9 Å². The van der Waals surface area contributed by atoms with Gasteiger partial charge in [0, 0.05) is 39.6 Å². The largest absolute Gasteiger partial charge is 0.493 e. The minimum absolute atomic E-state index is 0.114. The van der Waals surface area contributed by atoms with Gasteiger partial charge in [0.15, 0.2) is 17.5 Å². The monoisotopic (exact) mass is 390 g/mol. The van der Waals surface area contributed by atoms with Crippen molar-refractivity contribution in [2.24, 2.45) is 4.99 Å². The molecule has 2 N–H and O–H groups in total. The van der Waals surface area contributed by atoms with Gasteiger partial charge in [-0.3, -0.25) is 9.79 Å². The molecule has 1 amide bonds. The maximum Gasteiger partial charge on any atom is 0.221 e. The van der Waals surface area contributed by atoms with Crippen LogP contribution in [0.3, 0.4) is 0 Å². The molecule has 0 aromatic heterocycles. The molecule has 0 unspecified atom stereocenters. The first kappa shape index (κ1) is 21.9. The van der Waals surface area contributed by atoms with Gasteiger partial charge in [-0.15, -0.1) is 0 Å². The number of guanidine groups is 1. The summed E-state index contributed by atoms with van der Waals surface area (Å²) in [5, 5.41) is 6.38. The molecule has 1 aromatic carbocycles. The summed E-state index contributed by atoms with van der Waals surface area (Å²) in [5.41, 5.74) is 1.16. The molecule has 0 aliphatic heterocycles. The summed E-state index contributed by atoms with van der Waals surface area (Å²) in [6.45, 7) is 1.37. The smallest absolute Gasteiger partial charge is 0.221 e. The van der Waals surface area contributed by atoms with E-state index in [1.165, 1.54) is 12.8 Å². The van der Waals surface area contributed by atoms with E-state index in [0.717, 1.165) is 48.8 Å². The Labute approximate surface area is 168 Å². The molecular formula is C21H34N4O3. The SMILES string of the molecule is CN=C(NCCC(=O)NC1CCCC1)N(C)CCc1ccc(OC)c(OC)c1. The van der Waals surface area contributed by atoms with Crippen molar-refractivity contribution in [1.29, 1.82) is 0 Å². The predicted octanol–water partition coefficient (Wildman–Crippen LogP) is 2.20. The first-order chi connectivity index (χ1) is 13.6. The topological polar surface area (TPSA) is 75.2 Å². The molecule has 0 saturated heterocycles. The Morgan fingerprint density at radius 3 is 2.57 bits per heavy atom. The standard InChI is InChI=1S/C21H34N4O3/c1-22-21(23-13-11-20(26)24-17-7-5-6-8-17)25(2)14-12-16-9-10-18(27-3)19(15-16)28-4/h9-10,15,17H,5-8,11-14H2,1-4H3,(H,22,23)(H,24,26). The van der Waals surface area contributed by atoms with Crippen molar-refractivity contribution in [2.45, 2.75) is 44.6 Å². The summed E-state index contributed by atoms with van der Waals surface area (Å²) >= 11 is 0. The Bertz CT molecular complexity index is 657. The van der Waals surface area contributed by atoms with Crippen molar-refractivity contribution in [3.63, 3.8) is 0 Å². The van der Waals surface area contributed by atoms with E-state index in [4.69, 9.17) is 9.47 Å². The first-order valence-corrected chi connectivity index (χ1v) is 9.99. The minimum Gasteiger partial charge on any atom is -0.493 e. The zero-order valence-corrected chi connectivity index (χ0v) is 17.6. The van der Waals surface area contributed by atoms with E-state index < -0.39 is 0 Å². The molecule has 0 spiro atoms. The molecule has 1 aliphatic rings. The van der Waals surface area contributed by atoms with Gasteiger partial charge in [0.2, 0.25) is 5.91 Å². The fraction of sp³-hybridized carbons (Fsp3) is 0.619. The molecule has 1 saturated carbocycles. The van der Waals surface area contributed by atoms with Crippen LogP contribution in [0.15, 0.2) is 23.2 Å². The molecule has 1 aliphatic carbocycles. The summed E-state index contributed by atoms with van der Waals surface area (Å²) < 4.78 is 10.6. The summed E-state index contributed by atoms with van der Waals surface area (Å²) in [7, 11) is 7.03. The second kappa shape index (κ2) is 11.4. The molecular weight excluding hydrogens is 356 g/mol. The Kier molecular flexibility index (Phi) is 8.91. The lowest BCUT2D eigenvalue weighted by Gasteiger charge is -2.22. The van der Waals surface area contributed by atoms with Gasteiger partial charge in [-0.05, 0) is 37.0 Å². The Hall–Kier alpha value is -2.44. The zero-order chi connectivity index (χ0) is 20.4. The fourth-order valence-electron chi connectivity index (χ4n) is 3.48. The molecule has 2 rings (SSSR count). The maximum atomic E-state index is 12.0. The number of rotatable bonds is 9. The third-order valence-corrected chi connectivity index (χ3v) is 5.11. The highest BCUT2D eigenvalue weighted by Gasteiger charge is 2.17. The zero-order valence-electron chi connectivity index (χ0n) is 17.6. The van der Waals surface area contributed by atoms with Crippen LogP contribution in [0, 0.1) is 0 Å². The molecule has 0 bridgehead atoms. The molecule has 1 aromatic rings. The number of hydrogen-bond acceptors (Lipinski definition) is 4. The van der Waals surface area contributed by atoms with Crippen LogP contribution in [0.4, 0.5) is 0 Å². The molecule has 7 nitrogen and oxygen atoms in total. The number of carbonyl (C=O) groups excluding carboxylic acids is 1. The average molecular weight is 391 g/mol. The van der Waals surface area contributed by atoms with Gasteiger partial charge >= 0.3 is 0 Å². The normalized spacial score (nSPS) is 14.6. The van der Waals surface area contributed by atoms with Crippen LogP contribution in [-0.2, 0) is 11.2 Å². The van der Waals surface area contributed by atoms with E-state index in [1.54, 1.807) is 21.3 Å². The van der Waals surface area contributed by atoms with Gasteiger partial charge in [0.05, 0.1) is 14.2 Å². The van der Waals surface area contributed by atoms with Crippen LogP contribution in [0.5, 0.6) is 11.5 Å². The number of amides is 1. The summed E-state index contributed by atoms with van der Waals surface area (Å²) in [6.07, 6.45) is 5.97. The second-order valence-corrected chi connectivity index (χ2v) is 7.13. The number of benzene rings is 1. The molecule has 0 atom stereocenters. The highest BCUT2D eigenvalue weighted by Crippen LogP contribution is 2.27. The van der Waals surface area contributed by atoms with Gasteiger partial charge in [-0.1, -0.05) is 18.9 Å². The number of nitrogens with one attached hydrogen (secondary N) is 2. The molecule has 1 fully saturated rings. The Balaban J connectivity index is 1.75. The first-order valence-electron chi connectivity index (χ1n) is 9.99. The molecule has 28 heavy (non-hydrogen) atoms. The molecule has 7 heteroatoms. The summed E-state index contributed by atoms with van der Waals surface area (Å²) in [5.74, 6) is 2.36. The molecule has 0 radical (unpaired) electrons. The van der Waals surface area contributed by atoms with Crippen LogP contribution in [0.2, 0.25) is 0 Å². The van der Waals surface area contributed by atoms with Crippen LogP contribution >= 0.6 is 0 Å². The number of nitrogens with zero attached hydrogens (tertiary/aromatic N) is 2. The molecule has 156 valence electrons. The Morgan fingerprint density at radius 2 is 1.93 bits per heavy atom. The molecule has 0 heterocycles. The van der Waals surface area contributed by atoms with Crippen molar-refractivity contribution in [2.75, 3.05) is 41.4 Å². The average Bonchev–Trinajstić information content (AvgIpc) is 3.22. The lowest BCUT2D eigenvalue weighted by atomic mass is 10.1. The third-order valence-electron chi connectivity index (χ3n) is 5.11. The van der Waals surface area contributed by atoms with Crippen LogP contribution in [0.25, 0.3) is 0 Å². The van der Waals surface area contributed by atoms with Crippen LogP contribution in [0.1, 0.15) is 37.7 Å². The summed E-state index contributed by atoms with van der Waals surface area (Å²) in [4.78, 5) is 18.4. The van der Waals surface area contributed by atoms with Crippen molar-refractivity contribution < 1.29 is 14.3 Å². The number of methoxy groups -OCH3 is 2. The third kappa shape index (κ3) is 6.62. The summed E-state index contributed by atoms with van der Waals surface area (Å²) in [6, 6.07) is 6.33. The van der Waals surface area contributed by atoms with E-state index in [-0.39, 0.29) is 5.91 Å². The van der Waals surface area contributed by atoms with Gasteiger partial charge in [-0.2, -0.15) is 0 Å². The van der Waals surface area contributed by atoms with E-state index in [9.17, 15) is 4.79 Å². The highest BCUT2D eigenvalue weighted by atomic mass is 16.5. The van der Waals surface area contributed by atoms with Crippen LogP contribution < -0.4 is 20.1 Å². The number of hydrogen-bond donors (Lipinski definition) is 2. The number of ether oxygens (including phenoxy) is 2. The van der Waals surface area contributed by atoms with Crippen molar-refractivity contribution in [3.05, 3.63) is 23.8 Å². The number of likely N-dealkylation sites (N-methyl/N-ethyl adjacent to an activating group) is 1. The minimum atomic E-state index is 0.114. The van der Waals surface area contributed by atoms with E-state index in [1.807, 2.05) is 25.2 Å². The van der Waals surface area contributed by atoms with Gasteiger partial charge < -0.3 is 25.0 Å². The van der Waals surface area contributed by atoms with Gasteiger partial charge in [0.25, 0.3) is 0 Å². The maximum absolute atomic E-state index is 12.0. The van der Waals surface area contributed by atoms with E-state index in [2.05, 4.69) is 20.5 Å². The van der Waals surface area contributed by atoms with Gasteiger partial charge in [0.1, 0.15) is 0 Å². The predicted molar refractivity (Wildman–Crippen MR) is 112 cm³/mol. The number of carbonyl (C=O) groups is 1. The van der Waals surface area contributed by atoms with Crippen molar-refractivity contribution in [3.8, 4) is 11.5 Å². The lowest BCUT2D eigenvalue weighted by molar-refractivity contribution is -0.121. The van der Waals surface area contributed by atoms with E-state index in [0.29, 0.717) is 19.0 Å². The van der Waals surface area contributed by atoms with Crippen LogP contribution in [-0.4, -0.2) is 64.2 Å². The lowest BCUT2D eigenvalue weighted by Crippen LogP contribution is -2.42. The quantitative estimate of drug-likeness (QED) is 0.499. The Morgan fingerprint density at radius 1 is 1.21 bits per heavy atom. The second-order valence-electron chi connectivity index (χ2n) is 7.13. The highest BCUT2D eigenvalue weighted by molar-refractivity contribution is 5.81. The van der Waals surface area contributed by atoms with Crippen molar-refractivity contribution in [1.82, 2.24) is 15.5 Å². The van der Waals surface area contributed by atoms with E-state index >= 15 is 0 Å². The number of aliphatic imine (C=N–C) groups is 1. The fourth-order valence-corrected chi connectivity index (χ4v) is 3.48. The van der Waals surface area contributed by atoms with Gasteiger partial charge in [-0.25, -0.2) is 0 Å².